The first kappa shape index (κ1) is 72.3. The Bertz CT molecular complexity index is 1070. The quantitative estimate of drug-likeness (QED) is 0.0435. The molecule has 0 bridgehead atoms. The maximum absolute atomic E-state index is 5.91. The molecule has 0 aromatic carbocycles. The molecule has 0 aliphatic carbocycles. The highest BCUT2D eigenvalue weighted by Crippen LogP contribution is 2.17. The lowest BCUT2D eigenvalue weighted by Gasteiger charge is -2.22. The summed E-state index contributed by atoms with van der Waals surface area (Å²) < 4.78 is 101. The lowest BCUT2D eigenvalue weighted by Crippen LogP contribution is -2.29. The van der Waals surface area contributed by atoms with E-state index >= 15 is 0 Å². The van der Waals surface area contributed by atoms with E-state index < -0.39 is 0 Å². The molecule has 2 aliphatic heterocycles. The topological polar surface area (TPSA) is 176 Å². The van der Waals surface area contributed by atoms with Crippen molar-refractivity contribution in [2.24, 2.45) is 0 Å². The molecule has 0 amide bonds. The van der Waals surface area contributed by atoms with Gasteiger partial charge in [0.25, 0.3) is 0 Å². The average Bonchev–Trinajstić information content (AvgIpc) is 4.38. The summed E-state index contributed by atoms with van der Waals surface area (Å²) in [6.45, 7) is 27.7. The van der Waals surface area contributed by atoms with Gasteiger partial charge in [0, 0.05) is 26.3 Å². The third-order valence-electron chi connectivity index (χ3n) is 12.8. The molecule has 2 rings (SSSR count). The fourth-order valence-electron chi connectivity index (χ4n) is 7.94. The molecule has 2 aliphatic rings. The van der Waals surface area contributed by atoms with Gasteiger partial charge in [0.1, 0.15) is 12.2 Å². The Morgan fingerprint density at radius 3 is 0.701 bits per heavy atom. The molecule has 0 N–H and O–H groups in total. The van der Waals surface area contributed by atoms with Gasteiger partial charge in [-0.2, -0.15) is 0 Å². The van der Waals surface area contributed by atoms with E-state index in [9.17, 15) is 0 Å². The maximum Gasteiger partial charge on any atom is 0.107 e. The summed E-state index contributed by atoms with van der Waals surface area (Å²) in [6.07, 6.45) is 22.1. The Morgan fingerprint density at radius 1 is 0.273 bits per heavy atom. The third-order valence-corrected chi connectivity index (χ3v) is 12.8. The minimum atomic E-state index is 0.135. The fraction of sp³-hybridized carbons (Fsp3) is 1.00. The van der Waals surface area contributed by atoms with Gasteiger partial charge >= 0.3 is 0 Å². The van der Waals surface area contributed by atoms with E-state index in [1.54, 1.807) is 0 Å². The van der Waals surface area contributed by atoms with Gasteiger partial charge in [0.05, 0.1) is 210 Å². The number of rotatable bonds is 69. The number of ether oxygens (including phenoxy) is 18. The van der Waals surface area contributed by atoms with Crippen LogP contribution in [0.25, 0.3) is 0 Å². The molecule has 0 aromatic heterocycles. The van der Waals surface area contributed by atoms with E-state index in [1.807, 2.05) is 13.8 Å². The van der Waals surface area contributed by atoms with E-state index in [0.717, 1.165) is 58.9 Å². The normalized spacial score (nSPS) is 16.1. The van der Waals surface area contributed by atoms with Gasteiger partial charge in [-0.15, -0.1) is 0 Å². The average molecular weight is 1110 g/mol. The van der Waals surface area contributed by atoms with Crippen molar-refractivity contribution in [2.75, 3.05) is 231 Å². The van der Waals surface area contributed by atoms with Crippen LogP contribution in [0, 0.1) is 0 Å². The predicted octanol–water partition coefficient (Wildman–Crippen LogP) is 7.39. The molecule has 460 valence electrons. The van der Waals surface area contributed by atoms with E-state index in [4.69, 9.17) is 85.3 Å². The number of hydrogen-bond acceptors (Lipinski definition) is 19. The van der Waals surface area contributed by atoms with Crippen LogP contribution < -0.4 is 0 Å². The van der Waals surface area contributed by atoms with Crippen LogP contribution in [0.5, 0.6) is 0 Å². The predicted molar refractivity (Wildman–Crippen MR) is 298 cm³/mol. The van der Waals surface area contributed by atoms with Gasteiger partial charge in [-0.1, -0.05) is 90.4 Å². The Balaban J connectivity index is 1.35. The van der Waals surface area contributed by atoms with Gasteiger partial charge in [0.15, 0.2) is 0 Å². The fourth-order valence-corrected chi connectivity index (χ4v) is 7.94. The van der Waals surface area contributed by atoms with Crippen molar-refractivity contribution in [3.8, 4) is 0 Å². The first-order valence-electron chi connectivity index (χ1n) is 30.5. The van der Waals surface area contributed by atoms with Crippen LogP contribution in [0.4, 0.5) is 0 Å². The summed E-state index contributed by atoms with van der Waals surface area (Å²) in [4.78, 5) is 2.59. The molecule has 77 heavy (non-hydrogen) atoms. The number of epoxide rings is 2. The van der Waals surface area contributed by atoms with E-state index in [-0.39, 0.29) is 24.4 Å². The Hall–Kier alpha value is -0.760. The summed E-state index contributed by atoms with van der Waals surface area (Å²) in [6, 6.07) is 0. The van der Waals surface area contributed by atoms with Crippen LogP contribution in [0.2, 0.25) is 0 Å². The first-order valence-corrected chi connectivity index (χ1v) is 30.5. The molecule has 19 nitrogen and oxygen atoms in total. The Morgan fingerprint density at radius 2 is 0.468 bits per heavy atom. The second-order valence-corrected chi connectivity index (χ2v) is 19.6. The van der Waals surface area contributed by atoms with Crippen molar-refractivity contribution in [1.82, 2.24) is 4.90 Å². The van der Waals surface area contributed by atoms with Crippen LogP contribution in [-0.2, 0) is 85.3 Å². The molecule has 2 fully saturated rings. The Kier molecular flexibility index (Phi) is 56.2. The zero-order valence-electron chi connectivity index (χ0n) is 49.2. The summed E-state index contributed by atoms with van der Waals surface area (Å²) in [5, 5.41) is 0. The molecule has 2 saturated heterocycles. The van der Waals surface area contributed by atoms with Crippen LogP contribution in [0.15, 0.2) is 0 Å². The van der Waals surface area contributed by atoms with Crippen LogP contribution in [0.1, 0.15) is 124 Å². The second-order valence-electron chi connectivity index (χ2n) is 19.6. The zero-order valence-corrected chi connectivity index (χ0v) is 49.2. The van der Waals surface area contributed by atoms with Gasteiger partial charge in [-0.25, -0.2) is 0 Å². The van der Waals surface area contributed by atoms with Gasteiger partial charge in [0.2, 0.25) is 0 Å². The standard InChI is InChI=1S/C58H115NO18/c1-4-5-6-7-8-9-10-11-12-13-14-15-16-17-20-59(21-18-23-60-25-27-62-29-31-64-33-35-66-37-39-68-41-43-70-45-47-72-49-51-74-55(2)57-53-76-57)22-19-24-61-26-28-63-30-32-65-34-36-67-38-40-69-42-44-71-46-48-73-50-52-75-56(3)58-54-77-58/h55-58H,4-54H2,1-3H3. The molecular weight excluding hydrogens is 999 g/mol. The molecular formula is C58H115NO18. The van der Waals surface area contributed by atoms with Crippen molar-refractivity contribution in [1.29, 1.82) is 0 Å². The van der Waals surface area contributed by atoms with Crippen molar-refractivity contribution in [2.45, 2.75) is 148 Å². The molecule has 19 heteroatoms. The van der Waals surface area contributed by atoms with Gasteiger partial charge < -0.3 is 90.2 Å². The smallest absolute Gasteiger partial charge is 0.107 e. The van der Waals surface area contributed by atoms with Crippen molar-refractivity contribution < 1.29 is 85.3 Å². The summed E-state index contributed by atoms with van der Waals surface area (Å²) in [7, 11) is 0. The van der Waals surface area contributed by atoms with Crippen LogP contribution in [0.3, 0.4) is 0 Å². The molecule has 4 unspecified atom stereocenters. The molecule has 0 spiro atoms. The second kappa shape index (κ2) is 59.8. The summed E-state index contributed by atoms with van der Waals surface area (Å²) in [5.41, 5.74) is 0. The monoisotopic (exact) mass is 1110 g/mol. The first-order chi connectivity index (χ1) is 38.2. The van der Waals surface area contributed by atoms with E-state index in [2.05, 4.69) is 11.8 Å². The van der Waals surface area contributed by atoms with Crippen molar-refractivity contribution >= 4 is 0 Å². The minimum absolute atomic E-state index is 0.135. The van der Waals surface area contributed by atoms with Crippen molar-refractivity contribution in [3.05, 3.63) is 0 Å². The maximum atomic E-state index is 5.91. The van der Waals surface area contributed by atoms with E-state index in [0.29, 0.717) is 185 Å². The lowest BCUT2D eigenvalue weighted by molar-refractivity contribution is -0.0288. The molecule has 0 saturated carbocycles. The zero-order chi connectivity index (χ0) is 54.7. The number of unbranched alkanes of at least 4 members (excludes halogenated alkanes) is 13. The van der Waals surface area contributed by atoms with Gasteiger partial charge in [-0.3, -0.25) is 0 Å². The Labute approximate surface area is 467 Å². The van der Waals surface area contributed by atoms with Crippen molar-refractivity contribution in [3.63, 3.8) is 0 Å². The highest BCUT2D eigenvalue weighted by atomic mass is 16.6. The highest BCUT2D eigenvalue weighted by molar-refractivity contribution is 4.76. The summed E-state index contributed by atoms with van der Waals surface area (Å²) >= 11 is 0. The molecule has 2 heterocycles. The van der Waals surface area contributed by atoms with Crippen LogP contribution in [-0.4, -0.2) is 260 Å². The SMILES string of the molecule is CCCCCCCCCCCCCCCCN(CCCOCCOCCOCCOCCOCCOCCOCCOC(C)C1CO1)CCCOCCOCCOCCOCCOCCOCCOCCOC(C)C1CO1. The highest BCUT2D eigenvalue weighted by Gasteiger charge is 2.30. The molecule has 0 radical (unpaired) electrons. The molecule has 0 aromatic rings. The van der Waals surface area contributed by atoms with E-state index in [1.165, 1.54) is 89.9 Å². The molecule has 4 atom stereocenters. The van der Waals surface area contributed by atoms with Gasteiger partial charge in [-0.05, 0) is 39.7 Å². The number of nitrogens with zero attached hydrogens (tertiary/aromatic N) is 1. The largest absolute Gasteiger partial charge is 0.379 e. The minimum Gasteiger partial charge on any atom is -0.379 e. The summed E-state index contributed by atoms with van der Waals surface area (Å²) in [5.74, 6) is 0. The third kappa shape index (κ3) is 55.5. The lowest BCUT2D eigenvalue weighted by atomic mass is 10.0. The number of hydrogen-bond donors (Lipinski definition) is 0. The van der Waals surface area contributed by atoms with Crippen LogP contribution >= 0.6 is 0 Å².